The number of Topliss-reactive ketones (excluding diaryl/α,β-unsaturated/α-hetero) is 1. The molecule has 0 spiro atoms. The number of hydrogen-bond acceptors (Lipinski definition) is 4. The van der Waals surface area contributed by atoms with E-state index in [0.717, 1.165) is 0 Å². The Hall–Kier alpha value is -1.67. The van der Waals surface area contributed by atoms with Crippen molar-refractivity contribution in [2.75, 3.05) is 6.61 Å². The summed E-state index contributed by atoms with van der Waals surface area (Å²) in [4.78, 5) is 22.3. The van der Waals surface area contributed by atoms with Gasteiger partial charge in [0.05, 0.1) is 18.2 Å². The number of alkyl halides is 1. The van der Waals surface area contributed by atoms with Gasteiger partial charge in [0.25, 0.3) is 0 Å². The highest BCUT2D eigenvalue weighted by Gasteiger charge is 2.27. The Morgan fingerprint density at radius 2 is 2.12 bits per heavy atom. The van der Waals surface area contributed by atoms with Crippen LogP contribution in [-0.4, -0.2) is 23.2 Å². The SMILES string of the molecule is CCOC(=O)C(Br)C(=O)c1ccccc1C#N. The average Bonchev–Trinajstić information content (AvgIpc) is 2.37. The topological polar surface area (TPSA) is 67.2 Å². The fraction of sp³-hybridized carbons (Fsp3) is 0.250. The van der Waals surface area contributed by atoms with E-state index in [-0.39, 0.29) is 17.7 Å². The smallest absolute Gasteiger partial charge is 0.327 e. The summed E-state index contributed by atoms with van der Waals surface area (Å²) in [6.07, 6.45) is 0. The molecule has 0 heterocycles. The molecule has 0 saturated heterocycles. The number of ether oxygens (including phenoxy) is 1. The minimum Gasteiger partial charge on any atom is -0.465 e. The molecule has 0 aliphatic heterocycles. The molecule has 0 fully saturated rings. The molecular weight excluding hydrogens is 286 g/mol. The van der Waals surface area contributed by atoms with Gasteiger partial charge in [-0.05, 0) is 13.0 Å². The van der Waals surface area contributed by atoms with Crippen molar-refractivity contribution in [3.8, 4) is 6.07 Å². The van der Waals surface area contributed by atoms with Crippen LogP contribution in [0.1, 0.15) is 22.8 Å². The number of carbonyl (C=O) groups is 2. The Bertz CT molecular complexity index is 479. The van der Waals surface area contributed by atoms with Crippen LogP contribution in [0.5, 0.6) is 0 Å². The monoisotopic (exact) mass is 295 g/mol. The lowest BCUT2D eigenvalue weighted by molar-refractivity contribution is -0.141. The normalized spacial score (nSPS) is 11.4. The molecule has 0 aliphatic rings. The molecule has 88 valence electrons. The summed E-state index contributed by atoms with van der Waals surface area (Å²) in [6, 6.07) is 8.24. The van der Waals surface area contributed by atoms with E-state index >= 15 is 0 Å². The number of hydrogen-bond donors (Lipinski definition) is 0. The Morgan fingerprint density at radius 1 is 1.47 bits per heavy atom. The average molecular weight is 296 g/mol. The summed E-state index contributed by atoms with van der Waals surface area (Å²) in [6.45, 7) is 1.86. The van der Waals surface area contributed by atoms with Crippen molar-refractivity contribution in [3.63, 3.8) is 0 Å². The van der Waals surface area contributed by atoms with Crippen LogP contribution in [0.3, 0.4) is 0 Å². The number of rotatable bonds is 4. The van der Waals surface area contributed by atoms with Crippen molar-refractivity contribution in [1.29, 1.82) is 5.26 Å². The highest BCUT2D eigenvalue weighted by Crippen LogP contribution is 2.15. The number of nitriles is 1. The van der Waals surface area contributed by atoms with E-state index in [0.29, 0.717) is 0 Å². The van der Waals surface area contributed by atoms with Crippen molar-refractivity contribution in [2.24, 2.45) is 0 Å². The Kier molecular flexibility index (Phi) is 4.85. The first-order chi connectivity index (χ1) is 8.11. The van der Waals surface area contributed by atoms with Crippen molar-refractivity contribution < 1.29 is 14.3 Å². The van der Waals surface area contributed by atoms with Gasteiger partial charge < -0.3 is 4.74 Å². The fourth-order valence-corrected chi connectivity index (χ4v) is 1.63. The predicted octanol–water partition coefficient (Wildman–Crippen LogP) is 2.07. The maximum Gasteiger partial charge on any atom is 0.327 e. The molecule has 1 rings (SSSR count). The van der Waals surface area contributed by atoms with Crippen LogP contribution >= 0.6 is 15.9 Å². The van der Waals surface area contributed by atoms with E-state index < -0.39 is 16.6 Å². The summed E-state index contributed by atoms with van der Waals surface area (Å²) in [5, 5.41) is 8.86. The van der Waals surface area contributed by atoms with Gasteiger partial charge in [-0.1, -0.05) is 34.1 Å². The summed E-state index contributed by atoms with van der Waals surface area (Å²) in [5.41, 5.74) is 0.455. The van der Waals surface area contributed by atoms with Crippen LogP contribution in [0.15, 0.2) is 24.3 Å². The second kappa shape index (κ2) is 6.16. The summed E-state index contributed by atoms with van der Waals surface area (Å²) in [5.74, 6) is -1.12. The molecule has 4 nitrogen and oxygen atoms in total. The molecular formula is C12H10BrNO3. The van der Waals surface area contributed by atoms with Gasteiger partial charge in [0.15, 0.2) is 10.6 Å². The molecule has 0 radical (unpaired) electrons. The molecule has 5 heteroatoms. The quantitative estimate of drug-likeness (QED) is 0.369. The van der Waals surface area contributed by atoms with Gasteiger partial charge in [-0.2, -0.15) is 5.26 Å². The van der Waals surface area contributed by atoms with Crippen LogP contribution in [0, 0.1) is 11.3 Å². The second-order valence-electron chi connectivity index (χ2n) is 3.14. The van der Waals surface area contributed by atoms with Crippen molar-refractivity contribution in [1.82, 2.24) is 0 Å². The predicted molar refractivity (Wildman–Crippen MR) is 64.8 cm³/mol. The minimum absolute atomic E-state index is 0.202. The molecule has 1 aromatic carbocycles. The molecule has 17 heavy (non-hydrogen) atoms. The van der Waals surface area contributed by atoms with E-state index in [2.05, 4.69) is 15.9 Å². The second-order valence-corrected chi connectivity index (χ2v) is 4.05. The zero-order chi connectivity index (χ0) is 12.8. The Morgan fingerprint density at radius 3 is 2.71 bits per heavy atom. The number of ketones is 1. The third kappa shape index (κ3) is 3.14. The first kappa shape index (κ1) is 13.4. The lowest BCUT2D eigenvalue weighted by atomic mass is 10.0. The number of halogens is 1. The van der Waals surface area contributed by atoms with Gasteiger partial charge in [-0.15, -0.1) is 0 Å². The molecule has 0 aliphatic carbocycles. The van der Waals surface area contributed by atoms with Crippen LogP contribution in [0.2, 0.25) is 0 Å². The molecule has 0 bridgehead atoms. The van der Waals surface area contributed by atoms with Gasteiger partial charge in [0.2, 0.25) is 0 Å². The zero-order valence-electron chi connectivity index (χ0n) is 9.14. The summed E-state index contributed by atoms with van der Waals surface area (Å²) in [7, 11) is 0. The number of esters is 1. The Balaban J connectivity index is 2.97. The van der Waals surface area contributed by atoms with Gasteiger partial charge in [0.1, 0.15) is 0 Å². The van der Waals surface area contributed by atoms with Gasteiger partial charge in [0, 0.05) is 5.56 Å². The molecule has 1 aromatic rings. The highest BCUT2D eigenvalue weighted by atomic mass is 79.9. The van der Waals surface area contributed by atoms with Crippen LogP contribution in [-0.2, 0) is 9.53 Å². The zero-order valence-corrected chi connectivity index (χ0v) is 10.7. The maximum atomic E-state index is 11.9. The maximum absolute atomic E-state index is 11.9. The lowest BCUT2D eigenvalue weighted by Gasteiger charge is -2.08. The fourth-order valence-electron chi connectivity index (χ4n) is 1.25. The minimum atomic E-state index is -1.07. The third-order valence-electron chi connectivity index (χ3n) is 2.04. The molecule has 0 N–H and O–H groups in total. The summed E-state index contributed by atoms with van der Waals surface area (Å²) >= 11 is 2.98. The highest BCUT2D eigenvalue weighted by molar-refractivity contribution is 9.10. The van der Waals surface area contributed by atoms with Gasteiger partial charge in [-0.25, -0.2) is 0 Å². The largest absolute Gasteiger partial charge is 0.465 e. The molecule has 1 unspecified atom stereocenters. The summed E-state index contributed by atoms with van der Waals surface area (Å²) < 4.78 is 4.73. The van der Waals surface area contributed by atoms with Crippen LogP contribution in [0.4, 0.5) is 0 Å². The standard InChI is InChI=1S/C12H10BrNO3/c1-2-17-12(16)10(13)11(15)9-6-4-3-5-8(9)7-14/h3-6,10H,2H2,1H3. The van der Waals surface area contributed by atoms with Crippen LogP contribution < -0.4 is 0 Å². The third-order valence-corrected chi connectivity index (χ3v) is 2.83. The molecule has 0 amide bonds. The van der Waals surface area contributed by atoms with Crippen LogP contribution in [0.25, 0.3) is 0 Å². The Labute approximate surface area is 107 Å². The van der Waals surface area contributed by atoms with Crippen molar-refractivity contribution in [3.05, 3.63) is 35.4 Å². The molecule has 0 saturated carbocycles. The van der Waals surface area contributed by atoms with Crippen molar-refractivity contribution in [2.45, 2.75) is 11.8 Å². The number of nitrogens with zero attached hydrogens (tertiary/aromatic N) is 1. The first-order valence-electron chi connectivity index (χ1n) is 4.95. The van der Waals surface area contributed by atoms with E-state index in [1.165, 1.54) is 12.1 Å². The molecule has 1 atom stereocenters. The molecule has 0 aromatic heterocycles. The van der Waals surface area contributed by atoms with Crippen molar-refractivity contribution >= 4 is 27.7 Å². The lowest BCUT2D eigenvalue weighted by Crippen LogP contribution is -2.27. The van der Waals surface area contributed by atoms with E-state index in [4.69, 9.17) is 10.00 Å². The van der Waals surface area contributed by atoms with E-state index in [9.17, 15) is 9.59 Å². The van der Waals surface area contributed by atoms with Gasteiger partial charge >= 0.3 is 5.97 Å². The number of carbonyl (C=O) groups excluding carboxylic acids is 2. The first-order valence-corrected chi connectivity index (χ1v) is 5.87. The number of benzene rings is 1. The van der Waals surface area contributed by atoms with E-state index in [1.54, 1.807) is 19.1 Å². The van der Waals surface area contributed by atoms with E-state index in [1.807, 2.05) is 6.07 Å². The van der Waals surface area contributed by atoms with Gasteiger partial charge in [-0.3, -0.25) is 9.59 Å².